The van der Waals surface area contributed by atoms with Gasteiger partial charge in [0, 0.05) is 23.9 Å². The van der Waals surface area contributed by atoms with Crippen molar-refractivity contribution in [2.24, 2.45) is 11.8 Å². The second kappa shape index (κ2) is 6.25. The van der Waals surface area contributed by atoms with Crippen LogP contribution in [0.4, 0.5) is 0 Å². The number of carbonyl (C=O) groups excluding carboxylic acids is 1. The molecule has 1 aromatic heterocycles. The SMILES string of the molecule is O=C(N[C@@H]1C=CC[C@@H](C(=O)O)C1)C1CCc2ncncc2C1. The van der Waals surface area contributed by atoms with E-state index >= 15 is 0 Å². The van der Waals surface area contributed by atoms with Crippen LogP contribution in [0.1, 0.15) is 30.5 Å². The summed E-state index contributed by atoms with van der Waals surface area (Å²) in [5.74, 6) is -1.30. The number of rotatable bonds is 3. The van der Waals surface area contributed by atoms with Crippen LogP contribution in [0.25, 0.3) is 0 Å². The fraction of sp³-hybridized carbons (Fsp3) is 0.500. The third-order valence-electron chi connectivity index (χ3n) is 4.45. The quantitative estimate of drug-likeness (QED) is 0.816. The van der Waals surface area contributed by atoms with E-state index in [4.69, 9.17) is 5.11 Å². The lowest BCUT2D eigenvalue weighted by molar-refractivity contribution is -0.142. The second-order valence-corrected chi connectivity index (χ2v) is 5.98. The zero-order valence-corrected chi connectivity index (χ0v) is 12.2. The van der Waals surface area contributed by atoms with E-state index in [0.29, 0.717) is 19.3 Å². The first-order valence-corrected chi connectivity index (χ1v) is 7.61. The normalized spacial score (nSPS) is 27.0. The lowest BCUT2D eigenvalue weighted by Crippen LogP contribution is -2.42. The van der Waals surface area contributed by atoms with Gasteiger partial charge in [0.25, 0.3) is 0 Å². The minimum absolute atomic E-state index is 0.00445. The number of carboxylic acids is 1. The molecule has 3 atom stereocenters. The van der Waals surface area contributed by atoms with Crippen molar-refractivity contribution in [1.29, 1.82) is 0 Å². The van der Waals surface area contributed by atoms with Gasteiger partial charge in [0.2, 0.25) is 5.91 Å². The van der Waals surface area contributed by atoms with Gasteiger partial charge >= 0.3 is 5.97 Å². The molecule has 0 aromatic carbocycles. The van der Waals surface area contributed by atoms with Crippen LogP contribution in [0.15, 0.2) is 24.7 Å². The molecule has 0 fully saturated rings. The minimum atomic E-state index is -0.799. The summed E-state index contributed by atoms with van der Waals surface area (Å²) in [6, 6.07) is -0.184. The average molecular weight is 301 g/mol. The van der Waals surface area contributed by atoms with E-state index in [1.165, 1.54) is 6.33 Å². The van der Waals surface area contributed by atoms with E-state index in [0.717, 1.165) is 24.1 Å². The molecule has 0 radical (unpaired) electrons. The number of aromatic nitrogens is 2. The standard InChI is InChI=1S/C16H19N3O3/c20-15(19-13-3-1-2-11(7-13)16(21)22)10-4-5-14-12(6-10)8-17-9-18-14/h1,3,8-11,13H,2,4-7H2,(H,19,20)(H,21,22)/t10?,11-,13-/m1/s1. The van der Waals surface area contributed by atoms with Gasteiger partial charge in [0.1, 0.15) is 6.33 Å². The molecule has 6 nitrogen and oxygen atoms in total. The van der Waals surface area contributed by atoms with Crippen LogP contribution in [0.5, 0.6) is 0 Å². The molecule has 1 unspecified atom stereocenters. The molecular weight excluding hydrogens is 282 g/mol. The smallest absolute Gasteiger partial charge is 0.306 e. The van der Waals surface area contributed by atoms with Crippen molar-refractivity contribution in [1.82, 2.24) is 15.3 Å². The van der Waals surface area contributed by atoms with Gasteiger partial charge in [-0.05, 0) is 37.7 Å². The van der Waals surface area contributed by atoms with Gasteiger partial charge in [-0.15, -0.1) is 0 Å². The Labute approximate surface area is 128 Å². The molecular formula is C16H19N3O3. The van der Waals surface area contributed by atoms with E-state index in [1.54, 1.807) is 6.20 Å². The number of allylic oxidation sites excluding steroid dienone is 1. The fourth-order valence-electron chi connectivity index (χ4n) is 3.18. The highest BCUT2D eigenvalue weighted by atomic mass is 16.4. The minimum Gasteiger partial charge on any atom is -0.481 e. The molecule has 3 rings (SSSR count). The zero-order valence-electron chi connectivity index (χ0n) is 12.2. The van der Waals surface area contributed by atoms with Crippen molar-refractivity contribution in [2.45, 2.75) is 38.1 Å². The molecule has 6 heteroatoms. The van der Waals surface area contributed by atoms with Crippen LogP contribution < -0.4 is 5.32 Å². The number of hydrogen-bond acceptors (Lipinski definition) is 4. The lowest BCUT2D eigenvalue weighted by atomic mass is 9.86. The topological polar surface area (TPSA) is 92.2 Å². The molecule has 2 aliphatic carbocycles. The van der Waals surface area contributed by atoms with Gasteiger partial charge < -0.3 is 10.4 Å². The molecule has 0 aliphatic heterocycles. The summed E-state index contributed by atoms with van der Waals surface area (Å²) in [5.41, 5.74) is 2.07. The number of fused-ring (bicyclic) bond motifs is 1. The second-order valence-electron chi connectivity index (χ2n) is 5.98. The molecule has 116 valence electrons. The Morgan fingerprint density at radius 2 is 2.18 bits per heavy atom. The molecule has 0 saturated carbocycles. The number of carbonyl (C=O) groups is 2. The highest BCUT2D eigenvalue weighted by molar-refractivity contribution is 5.80. The van der Waals surface area contributed by atoms with Gasteiger partial charge in [-0.1, -0.05) is 12.2 Å². The summed E-state index contributed by atoms with van der Waals surface area (Å²) >= 11 is 0. The first-order valence-electron chi connectivity index (χ1n) is 7.61. The highest BCUT2D eigenvalue weighted by Crippen LogP contribution is 2.24. The molecule has 2 aliphatic rings. The van der Waals surface area contributed by atoms with Crippen LogP contribution in [-0.2, 0) is 22.4 Å². The number of amides is 1. The highest BCUT2D eigenvalue weighted by Gasteiger charge is 2.29. The Bertz CT molecular complexity index is 614. The third-order valence-corrected chi connectivity index (χ3v) is 4.45. The summed E-state index contributed by atoms with van der Waals surface area (Å²) < 4.78 is 0. The van der Waals surface area contributed by atoms with Crippen molar-refractivity contribution in [3.63, 3.8) is 0 Å². The van der Waals surface area contributed by atoms with Crippen molar-refractivity contribution < 1.29 is 14.7 Å². The number of carboxylic acid groups (broad SMARTS) is 1. The maximum absolute atomic E-state index is 12.4. The van der Waals surface area contributed by atoms with Gasteiger partial charge in [0.05, 0.1) is 5.92 Å². The Hall–Kier alpha value is -2.24. The largest absolute Gasteiger partial charge is 0.481 e. The molecule has 22 heavy (non-hydrogen) atoms. The number of aliphatic carboxylic acids is 1. The maximum atomic E-state index is 12.4. The lowest BCUT2D eigenvalue weighted by Gasteiger charge is -2.27. The number of nitrogens with zero attached hydrogens (tertiary/aromatic N) is 2. The Kier molecular flexibility index (Phi) is 4.18. The molecule has 1 amide bonds. The maximum Gasteiger partial charge on any atom is 0.306 e. The van der Waals surface area contributed by atoms with Crippen LogP contribution in [0, 0.1) is 11.8 Å². The molecule has 1 heterocycles. The summed E-state index contributed by atoms with van der Waals surface area (Å²) in [7, 11) is 0. The molecule has 0 bridgehead atoms. The monoisotopic (exact) mass is 301 g/mol. The number of nitrogens with one attached hydrogen (secondary N) is 1. The molecule has 1 aromatic rings. The Balaban J connectivity index is 1.60. The predicted molar refractivity (Wildman–Crippen MR) is 79.0 cm³/mol. The van der Waals surface area contributed by atoms with E-state index < -0.39 is 11.9 Å². The van der Waals surface area contributed by atoms with Crippen molar-refractivity contribution in [3.8, 4) is 0 Å². The van der Waals surface area contributed by atoms with Crippen LogP contribution in [0.2, 0.25) is 0 Å². The van der Waals surface area contributed by atoms with Crippen LogP contribution in [0.3, 0.4) is 0 Å². The van der Waals surface area contributed by atoms with Gasteiger partial charge in [0.15, 0.2) is 0 Å². The summed E-state index contributed by atoms with van der Waals surface area (Å²) in [4.78, 5) is 31.7. The first-order chi connectivity index (χ1) is 10.6. The fourth-order valence-corrected chi connectivity index (χ4v) is 3.18. The van der Waals surface area contributed by atoms with Crippen molar-refractivity contribution >= 4 is 11.9 Å². The first kappa shape index (κ1) is 14.7. The van der Waals surface area contributed by atoms with Gasteiger partial charge in [-0.25, -0.2) is 9.97 Å². The van der Waals surface area contributed by atoms with E-state index in [9.17, 15) is 9.59 Å². The van der Waals surface area contributed by atoms with E-state index in [-0.39, 0.29) is 17.9 Å². The van der Waals surface area contributed by atoms with E-state index in [2.05, 4.69) is 15.3 Å². The Morgan fingerprint density at radius 3 is 3.00 bits per heavy atom. The van der Waals surface area contributed by atoms with Gasteiger partial charge in [-0.3, -0.25) is 9.59 Å². The van der Waals surface area contributed by atoms with Gasteiger partial charge in [-0.2, -0.15) is 0 Å². The molecule has 0 saturated heterocycles. The summed E-state index contributed by atoms with van der Waals surface area (Å²) in [5, 5.41) is 12.1. The predicted octanol–water partition coefficient (Wildman–Crippen LogP) is 1.12. The Morgan fingerprint density at radius 1 is 1.32 bits per heavy atom. The van der Waals surface area contributed by atoms with Crippen LogP contribution in [-0.4, -0.2) is 33.0 Å². The molecule has 0 spiro atoms. The average Bonchev–Trinajstić information content (AvgIpc) is 2.54. The van der Waals surface area contributed by atoms with Crippen molar-refractivity contribution in [3.05, 3.63) is 35.9 Å². The summed E-state index contributed by atoms with van der Waals surface area (Å²) in [6.07, 6.45) is 10.3. The van der Waals surface area contributed by atoms with E-state index in [1.807, 2.05) is 12.2 Å². The number of aryl methyl sites for hydroxylation is 1. The number of hydrogen-bond donors (Lipinski definition) is 2. The molecule has 2 N–H and O–H groups in total. The van der Waals surface area contributed by atoms with Crippen LogP contribution >= 0.6 is 0 Å². The third kappa shape index (κ3) is 3.16. The van der Waals surface area contributed by atoms with Crippen molar-refractivity contribution in [2.75, 3.05) is 0 Å². The zero-order chi connectivity index (χ0) is 15.5. The summed E-state index contributed by atoms with van der Waals surface area (Å²) in [6.45, 7) is 0.